The van der Waals surface area contributed by atoms with Crippen molar-refractivity contribution in [2.75, 3.05) is 6.54 Å². The number of pyridine rings is 1. The molecule has 0 aliphatic heterocycles. The fourth-order valence-corrected chi connectivity index (χ4v) is 2.45. The first kappa shape index (κ1) is 12.3. The molecule has 18 heavy (non-hydrogen) atoms. The third kappa shape index (κ3) is 2.12. The van der Waals surface area contributed by atoms with E-state index in [9.17, 15) is 14.4 Å². The average molecular weight is 266 g/mol. The second-order valence-corrected chi connectivity index (χ2v) is 4.62. The molecule has 0 bridgehead atoms. The fraction of sp³-hybridized carbons (Fsp3) is 0.182. The molecule has 0 saturated carbocycles. The van der Waals surface area contributed by atoms with Gasteiger partial charge in [0.1, 0.15) is 12.1 Å². The molecule has 0 unspecified atom stereocenters. The van der Waals surface area contributed by atoms with Crippen LogP contribution in [-0.4, -0.2) is 28.1 Å². The molecule has 0 atom stereocenters. The zero-order chi connectivity index (χ0) is 13.3. The lowest BCUT2D eigenvalue weighted by atomic mass is 10.2. The van der Waals surface area contributed by atoms with Gasteiger partial charge in [-0.2, -0.15) is 0 Å². The maximum atomic E-state index is 11.9. The number of amides is 1. The minimum atomic E-state index is -1.16. The number of nitrogens with zero attached hydrogens (tertiary/aromatic N) is 1. The van der Waals surface area contributed by atoms with E-state index in [0.717, 1.165) is 10.2 Å². The highest BCUT2D eigenvalue weighted by atomic mass is 32.1. The fourth-order valence-electron chi connectivity index (χ4n) is 1.60. The maximum absolute atomic E-state index is 11.9. The largest absolute Gasteiger partial charge is 0.480 e. The monoisotopic (exact) mass is 266 g/mol. The number of fused-ring (bicyclic) bond motifs is 1. The van der Waals surface area contributed by atoms with Crippen LogP contribution >= 0.6 is 11.3 Å². The van der Waals surface area contributed by atoms with Crippen molar-refractivity contribution in [1.29, 1.82) is 0 Å². The van der Waals surface area contributed by atoms with E-state index in [0.29, 0.717) is 0 Å². The first-order chi connectivity index (χ1) is 8.50. The number of carboxylic acids is 1. The van der Waals surface area contributed by atoms with E-state index in [4.69, 9.17) is 5.11 Å². The van der Waals surface area contributed by atoms with Gasteiger partial charge in [0.05, 0.1) is 10.2 Å². The molecular weight excluding hydrogens is 256 g/mol. The highest BCUT2D eigenvalue weighted by Gasteiger charge is 2.15. The lowest BCUT2D eigenvalue weighted by Crippen LogP contribution is -2.34. The topological polar surface area (TPSA) is 88.4 Å². The highest BCUT2D eigenvalue weighted by Crippen LogP contribution is 2.19. The van der Waals surface area contributed by atoms with Crippen LogP contribution in [0.5, 0.6) is 0 Å². The Morgan fingerprint density at radius 1 is 1.50 bits per heavy atom. The average Bonchev–Trinajstić information content (AvgIpc) is 2.79. The summed E-state index contributed by atoms with van der Waals surface area (Å²) >= 11 is 1.41. The number of aromatic nitrogens is 1. The number of thiophene rings is 1. The second kappa shape index (κ2) is 4.61. The van der Waals surface area contributed by atoms with E-state index in [1.165, 1.54) is 22.0 Å². The van der Waals surface area contributed by atoms with Crippen LogP contribution in [0.1, 0.15) is 10.4 Å². The number of nitrogens with one attached hydrogen (secondary N) is 1. The molecule has 0 aliphatic rings. The Kier molecular flexibility index (Phi) is 3.15. The lowest BCUT2D eigenvalue weighted by molar-refractivity contribution is -0.135. The number of carbonyl (C=O) groups excluding carboxylic acids is 1. The van der Waals surface area contributed by atoms with Crippen LogP contribution in [0.4, 0.5) is 0 Å². The van der Waals surface area contributed by atoms with Gasteiger partial charge in [0.25, 0.3) is 11.5 Å². The predicted molar refractivity (Wildman–Crippen MR) is 67.0 cm³/mol. The first-order valence-corrected chi connectivity index (χ1v) is 5.96. The van der Waals surface area contributed by atoms with Crippen molar-refractivity contribution in [2.45, 2.75) is 0 Å². The molecule has 2 N–H and O–H groups in total. The number of aryl methyl sites for hydroxylation is 1. The summed E-state index contributed by atoms with van der Waals surface area (Å²) in [6, 6.07) is 3.28. The van der Waals surface area contributed by atoms with E-state index >= 15 is 0 Å². The van der Waals surface area contributed by atoms with Gasteiger partial charge in [-0.15, -0.1) is 11.3 Å². The van der Waals surface area contributed by atoms with Crippen molar-refractivity contribution < 1.29 is 14.7 Å². The van der Waals surface area contributed by atoms with Gasteiger partial charge < -0.3 is 15.0 Å². The summed E-state index contributed by atoms with van der Waals surface area (Å²) in [6.07, 6.45) is 0. The molecule has 7 heteroatoms. The lowest BCUT2D eigenvalue weighted by Gasteiger charge is -2.05. The minimum absolute atomic E-state index is 0.0475. The van der Waals surface area contributed by atoms with Crippen LogP contribution in [0.15, 0.2) is 22.3 Å². The van der Waals surface area contributed by atoms with Crippen LogP contribution < -0.4 is 10.9 Å². The third-order valence-electron chi connectivity index (χ3n) is 2.49. The van der Waals surface area contributed by atoms with Crippen LogP contribution in [-0.2, 0) is 11.8 Å². The molecule has 2 rings (SSSR count). The molecule has 2 aromatic heterocycles. The van der Waals surface area contributed by atoms with E-state index < -0.39 is 24.0 Å². The summed E-state index contributed by atoms with van der Waals surface area (Å²) in [5.74, 6) is -1.83. The van der Waals surface area contributed by atoms with Crippen molar-refractivity contribution in [3.8, 4) is 0 Å². The summed E-state index contributed by atoms with van der Waals surface area (Å²) in [7, 11) is 1.57. The quantitative estimate of drug-likeness (QED) is 0.842. The summed E-state index contributed by atoms with van der Waals surface area (Å²) in [4.78, 5) is 34.0. The molecule has 6 nitrogen and oxygen atoms in total. The van der Waals surface area contributed by atoms with Gasteiger partial charge in [0, 0.05) is 7.05 Å². The van der Waals surface area contributed by atoms with Crippen LogP contribution in [0, 0.1) is 0 Å². The molecule has 1 amide bonds. The smallest absolute Gasteiger partial charge is 0.322 e. The molecule has 0 saturated heterocycles. The number of hydrogen-bond acceptors (Lipinski definition) is 4. The second-order valence-electron chi connectivity index (χ2n) is 3.67. The van der Waals surface area contributed by atoms with Crippen LogP contribution in [0.3, 0.4) is 0 Å². The molecule has 0 fully saturated rings. The summed E-state index contributed by atoms with van der Waals surface area (Å²) in [5.41, 5.74) is 0.261. The van der Waals surface area contributed by atoms with Crippen molar-refractivity contribution in [3.05, 3.63) is 33.4 Å². The number of aliphatic carboxylic acids is 1. The van der Waals surface area contributed by atoms with Crippen molar-refractivity contribution in [3.63, 3.8) is 0 Å². The Hall–Kier alpha value is -2.15. The molecule has 0 radical (unpaired) electrons. The van der Waals surface area contributed by atoms with E-state index in [1.54, 1.807) is 13.1 Å². The Labute approximate surface area is 105 Å². The Morgan fingerprint density at radius 2 is 2.22 bits per heavy atom. The van der Waals surface area contributed by atoms with Gasteiger partial charge >= 0.3 is 5.97 Å². The minimum Gasteiger partial charge on any atom is -0.480 e. The van der Waals surface area contributed by atoms with Gasteiger partial charge in [0.15, 0.2) is 0 Å². The molecular formula is C11H10N2O4S. The third-order valence-corrected chi connectivity index (χ3v) is 3.34. The zero-order valence-electron chi connectivity index (χ0n) is 9.47. The van der Waals surface area contributed by atoms with Crippen LogP contribution in [0.2, 0.25) is 0 Å². The SMILES string of the molecule is Cn1c(=O)c(C(=O)NCC(=O)O)cc2sccc21. The summed E-state index contributed by atoms with van der Waals surface area (Å²) < 4.78 is 2.18. The Morgan fingerprint density at radius 3 is 2.89 bits per heavy atom. The maximum Gasteiger partial charge on any atom is 0.322 e. The number of rotatable bonds is 3. The van der Waals surface area contributed by atoms with Gasteiger partial charge in [-0.1, -0.05) is 0 Å². The van der Waals surface area contributed by atoms with E-state index in [-0.39, 0.29) is 5.56 Å². The molecule has 2 aromatic rings. The number of carboxylic acid groups (broad SMARTS) is 1. The Balaban J connectivity index is 2.44. The molecule has 2 heterocycles. The molecule has 0 aliphatic carbocycles. The molecule has 0 spiro atoms. The standard InChI is InChI=1S/C11H10N2O4S/c1-13-7-2-3-18-8(7)4-6(11(13)17)10(16)12-5-9(14)15/h2-4H,5H2,1H3,(H,12,16)(H,14,15). The van der Waals surface area contributed by atoms with Crippen molar-refractivity contribution in [2.24, 2.45) is 7.05 Å². The van der Waals surface area contributed by atoms with Crippen LogP contribution in [0.25, 0.3) is 10.2 Å². The summed E-state index contributed by atoms with van der Waals surface area (Å²) in [5, 5.41) is 12.5. The predicted octanol–water partition coefficient (Wildman–Crippen LogP) is 0.414. The van der Waals surface area contributed by atoms with Gasteiger partial charge in [-0.25, -0.2) is 0 Å². The molecule has 0 aromatic carbocycles. The highest BCUT2D eigenvalue weighted by molar-refractivity contribution is 7.17. The number of hydrogen-bond donors (Lipinski definition) is 2. The van der Waals surface area contributed by atoms with E-state index in [2.05, 4.69) is 5.32 Å². The molecule has 94 valence electrons. The summed E-state index contributed by atoms with van der Waals surface area (Å²) in [6.45, 7) is -0.509. The first-order valence-electron chi connectivity index (χ1n) is 5.08. The normalized spacial score (nSPS) is 10.5. The van der Waals surface area contributed by atoms with Gasteiger partial charge in [0.2, 0.25) is 0 Å². The Bertz CT molecular complexity index is 686. The van der Waals surface area contributed by atoms with E-state index in [1.807, 2.05) is 5.38 Å². The van der Waals surface area contributed by atoms with Crippen molar-refractivity contribution in [1.82, 2.24) is 9.88 Å². The van der Waals surface area contributed by atoms with Crippen molar-refractivity contribution >= 4 is 33.4 Å². The van der Waals surface area contributed by atoms with Gasteiger partial charge in [-0.05, 0) is 17.5 Å². The number of carbonyl (C=O) groups is 2. The van der Waals surface area contributed by atoms with Gasteiger partial charge in [-0.3, -0.25) is 14.4 Å². The zero-order valence-corrected chi connectivity index (χ0v) is 10.3.